The van der Waals surface area contributed by atoms with Crippen LogP contribution in [0.2, 0.25) is 0 Å². The van der Waals surface area contributed by atoms with Gasteiger partial charge in [0.15, 0.2) is 0 Å². The van der Waals surface area contributed by atoms with E-state index >= 15 is 0 Å². The van der Waals surface area contributed by atoms with Gasteiger partial charge in [0.05, 0.1) is 0 Å². The van der Waals surface area contributed by atoms with Crippen molar-refractivity contribution in [2.45, 2.75) is 23.9 Å². The molecule has 0 fully saturated rings. The van der Waals surface area contributed by atoms with Gasteiger partial charge in [-0.3, -0.25) is 0 Å². The van der Waals surface area contributed by atoms with Crippen LogP contribution in [0.5, 0.6) is 0 Å². The van der Waals surface area contributed by atoms with Gasteiger partial charge in [0.1, 0.15) is 0 Å². The van der Waals surface area contributed by atoms with Gasteiger partial charge in [-0.2, -0.15) is 39.5 Å². The third kappa shape index (κ3) is 1.78. The number of aliphatic carboxylic acids is 1. The fraction of sp³-hybridized carbons (Fsp3) is 0.800. The molecule has 2 nitrogen and oxygen atoms in total. The minimum Gasteiger partial charge on any atom is -0.477 e. The molecule has 0 saturated carbocycles. The van der Waals surface area contributed by atoms with Gasteiger partial charge >= 0.3 is 29.9 Å². The van der Waals surface area contributed by atoms with Gasteiger partial charge in [-0.25, -0.2) is 4.79 Å². The van der Waals surface area contributed by atoms with E-state index in [1.165, 1.54) is 0 Å². The first-order chi connectivity index (χ1) is 6.69. The van der Waals surface area contributed by atoms with E-state index < -0.39 is 29.9 Å². The summed E-state index contributed by atoms with van der Waals surface area (Å²) in [6.45, 7) is 0. The Hall–Kier alpha value is -1.16. The highest BCUT2D eigenvalue weighted by Gasteiger charge is 2.84. The summed E-state index contributed by atoms with van der Waals surface area (Å²) < 4.78 is 106. The van der Waals surface area contributed by atoms with E-state index in [1.54, 1.807) is 0 Å². The lowest BCUT2D eigenvalue weighted by Gasteiger charge is -2.31. The Bertz CT molecular complexity index is 291. The number of halogens is 9. The molecule has 96 valence electrons. The van der Waals surface area contributed by atoms with E-state index in [0.29, 0.717) is 0 Å². The summed E-state index contributed by atoms with van der Waals surface area (Å²) in [6.07, 6.45) is -7.00. The van der Waals surface area contributed by atoms with Crippen LogP contribution >= 0.6 is 0 Å². The largest absolute Gasteiger partial charge is 0.477 e. The number of rotatable bonds is 3. The van der Waals surface area contributed by atoms with Crippen LogP contribution in [0, 0.1) is 0 Å². The molecule has 0 bridgehead atoms. The molecule has 0 saturated heterocycles. The quantitative estimate of drug-likeness (QED) is 0.629. The maximum absolute atomic E-state index is 12.1. The second-order valence-electron chi connectivity index (χ2n) is 2.53. The summed E-state index contributed by atoms with van der Waals surface area (Å²) in [5.74, 6) is -24.6. The van der Waals surface area contributed by atoms with Crippen molar-refractivity contribution in [3.05, 3.63) is 0 Å². The minimum absolute atomic E-state index is 3.79. The Morgan fingerprint density at radius 2 is 1.06 bits per heavy atom. The number of hydrogen-bond acceptors (Lipinski definition) is 1. The lowest BCUT2D eigenvalue weighted by Crippen LogP contribution is -2.63. The van der Waals surface area contributed by atoms with E-state index in [4.69, 9.17) is 5.11 Å². The zero-order chi connectivity index (χ0) is 13.6. The summed E-state index contributed by atoms with van der Waals surface area (Å²) in [5, 5.41) is 7.48. The fourth-order valence-electron chi connectivity index (χ4n) is 0.509. The molecule has 16 heavy (non-hydrogen) atoms. The molecular formula is C5HF9O2. The van der Waals surface area contributed by atoms with E-state index in [2.05, 4.69) is 0 Å². The normalized spacial score (nSPS) is 15.1. The highest BCUT2D eigenvalue weighted by Crippen LogP contribution is 2.52. The highest BCUT2D eigenvalue weighted by atomic mass is 19.4. The molecule has 0 unspecified atom stereocenters. The summed E-state index contributed by atoms with van der Waals surface area (Å²) >= 11 is 0. The van der Waals surface area contributed by atoms with Crippen LogP contribution in [-0.4, -0.2) is 35.0 Å². The number of carboxylic acids is 1. The molecule has 1 N–H and O–H groups in total. The summed E-state index contributed by atoms with van der Waals surface area (Å²) in [7, 11) is 0. The molecule has 0 rings (SSSR count). The molecule has 0 aliphatic rings. The molecular weight excluding hydrogens is 265 g/mol. The van der Waals surface area contributed by atoms with Crippen LogP contribution in [0.4, 0.5) is 39.5 Å². The van der Waals surface area contributed by atoms with E-state index in [-0.39, 0.29) is 0 Å². The number of alkyl halides is 9. The standard InChI is InChI=1S/C5HF9O2/c6-2(7,1(15)16)3(8,9)4(10,11)5(12,13)14/h(H,15,16)/i1+1,2+1. The van der Waals surface area contributed by atoms with Crippen molar-refractivity contribution >= 4 is 5.97 Å². The van der Waals surface area contributed by atoms with Gasteiger partial charge in [0, 0.05) is 0 Å². The Morgan fingerprint density at radius 1 is 0.750 bits per heavy atom. The van der Waals surface area contributed by atoms with Gasteiger partial charge in [-0.05, 0) is 0 Å². The first-order valence-corrected chi connectivity index (χ1v) is 3.13. The fourth-order valence-corrected chi connectivity index (χ4v) is 0.509. The van der Waals surface area contributed by atoms with Crippen LogP contribution in [-0.2, 0) is 4.79 Å². The molecule has 0 radical (unpaired) electrons. The Morgan fingerprint density at radius 3 is 1.25 bits per heavy atom. The van der Waals surface area contributed by atoms with Crippen molar-refractivity contribution in [1.29, 1.82) is 0 Å². The summed E-state index contributed by atoms with van der Waals surface area (Å²) in [6, 6.07) is 0. The molecule has 0 aliphatic heterocycles. The summed E-state index contributed by atoms with van der Waals surface area (Å²) in [5.41, 5.74) is 0. The van der Waals surface area contributed by atoms with Gasteiger partial charge < -0.3 is 5.11 Å². The molecule has 0 aliphatic carbocycles. The van der Waals surface area contributed by atoms with E-state index in [1.807, 2.05) is 0 Å². The molecule has 0 atom stereocenters. The molecule has 0 aromatic heterocycles. The molecule has 11 heteroatoms. The first-order valence-electron chi connectivity index (χ1n) is 3.13. The molecule has 0 amide bonds. The van der Waals surface area contributed by atoms with Crippen LogP contribution in [0.3, 0.4) is 0 Å². The highest BCUT2D eigenvalue weighted by molar-refractivity contribution is 5.77. The molecule has 0 aromatic carbocycles. The third-order valence-corrected chi connectivity index (χ3v) is 1.41. The first kappa shape index (κ1) is 14.8. The van der Waals surface area contributed by atoms with Gasteiger partial charge in [0.25, 0.3) is 0 Å². The van der Waals surface area contributed by atoms with Crippen LogP contribution in [0.15, 0.2) is 0 Å². The predicted octanol–water partition coefficient (Wildman–Crippen LogP) is 2.54. The Kier molecular flexibility index (Phi) is 3.17. The molecule has 0 heterocycles. The van der Waals surface area contributed by atoms with Crippen molar-refractivity contribution in [3.8, 4) is 0 Å². The Balaban J connectivity index is 5.62. The maximum Gasteiger partial charge on any atom is 0.460 e. The number of carboxylic acid groups (broad SMARTS) is 1. The van der Waals surface area contributed by atoms with Gasteiger partial charge in [0.2, 0.25) is 0 Å². The van der Waals surface area contributed by atoms with Gasteiger partial charge in [-0.15, -0.1) is 0 Å². The van der Waals surface area contributed by atoms with Crippen molar-refractivity contribution in [3.63, 3.8) is 0 Å². The van der Waals surface area contributed by atoms with E-state index in [9.17, 15) is 44.3 Å². The third-order valence-electron chi connectivity index (χ3n) is 1.41. The van der Waals surface area contributed by atoms with Crippen molar-refractivity contribution < 1.29 is 49.4 Å². The zero-order valence-corrected chi connectivity index (χ0v) is 6.76. The number of carbonyl (C=O) groups is 1. The monoisotopic (exact) mass is 266 g/mol. The van der Waals surface area contributed by atoms with Crippen LogP contribution in [0.25, 0.3) is 0 Å². The van der Waals surface area contributed by atoms with Crippen molar-refractivity contribution in [2.75, 3.05) is 0 Å². The summed E-state index contributed by atoms with van der Waals surface area (Å²) in [4.78, 5) is 9.51. The van der Waals surface area contributed by atoms with Crippen LogP contribution < -0.4 is 0 Å². The lowest BCUT2D eigenvalue weighted by atomic mass is 10.2. The maximum atomic E-state index is 12.1. The van der Waals surface area contributed by atoms with Crippen LogP contribution in [0.1, 0.15) is 0 Å². The lowest BCUT2D eigenvalue weighted by molar-refractivity contribution is -0.390. The average Bonchev–Trinajstić information content (AvgIpc) is 2.00. The zero-order valence-electron chi connectivity index (χ0n) is 6.76. The molecule has 0 aromatic rings. The smallest absolute Gasteiger partial charge is 0.460 e. The second-order valence-corrected chi connectivity index (χ2v) is 2.53. The predicted molar refractivity (Wildman–Crippen MR) is 28.5 cm³/mol. The second kappa shape index (κ2) is 3.42. The van der Waals surface area contributed by atoms with Gasteiger partial charge in [-0.1, -0.05) is 0 Å². The minimum atomic E-state index is -7.16. The van der Waals surface area contributed by atoms with Crippen molar-refractivity contribution in [1.82, 2.24) is 0 Å². The van der Waals surface area contributed by atoms with Crippen molar-refractivity contribution in [2.24, 2.45) is 0 Å². The van der Waals surface area contributed by atoms with E-state index in [0.717, 1.165) is 0 Å². The SMILES string of the molecule is O=[13C](O)[13C](F)(F)C(F)(F)C(F)(F)C(F)(F)F. The molecule has 0 spiro atoms. The topological polar surface area (TPSA) is 37.3 Å². The average molecular weight is 266 g/mol. The number of hydrogen-bond donors (Lipinski definition) is 1. The Labute approximate surface area is 80.6 Å².